The molecule has 8 nitrogen and oxygen atoms in total. The second kappa shape index (κ2) is 9.55. The minimum absolute atomic E-state index is 0.00474. The largest absolute Gasteiger partial charge is 0.357 e. The van der Waals surface area contributed by atoms with E-state index < -0.39 is 0 Å². The summed E-state index contributed by atoms with van der Waals surface area (Å²) < 4.78 is 4.94. The van der Waals surface area contributed by atoms with Gasteiger partial charge in [-0.2, -0.15) is 4.98 Å². The maximum atomic E-state index is 12.0. The fourth-order valence-electron chi connectivity index (χ4n) is 2.34. The van der Waals surface area contributed by atoms with Gasteiger partial charge in [0.05, 0.1) is 0 Å². The summed E-state index contributed by atoms with van der Waals surface area (Å²) >= 11 is 0. The summed E-state index contributed by atoms with van der Waals surface area (Å²) in [6.07, 6.45) is 0.778. The molecule has 2 rings (SSSR count). The van der Waals surface area contributed by atoms with Crippen LogP contribution in [0.3, 0.4) is 0 Å². The molecule has 0 saturated carbocycles. The van der Waals surface area contributed by atoms with Gasteiger partial charge in [0.1, 0.15) is 6.54 Å². The maximum absolute atomic E-state index is 12.0. The molecule has 0 aliphatic rings. The van der Waals surface area contributed by atoms with Gasteiger partial charge in [-0.05, 0) is 31.0 Å². The number of rotatable bonds is 7. The number of carbonyl (C=O) groups is 1. The zero-order chi connectivity index (χ0) is 18.9. The Morgan fingerprint density at radius 1 is 1.31 bits per heavy atom. The summed E-state index contributed by atoms with van der Waals surface area (Å²) in [6.45, 7) is 5.55. The van der Waals surface area contributed by atoms with Crippen LogP contribution in [0.25, 0.3) is 0 Å². The Bertz CT molecular complexity index is 754. The minimum atomic E-state index is 0.00474. The first-order valence-electron chi connectivity index (χ1n) is 8.61. The van der Waals surface area contributed by atoms with Gasteiger partial charge in [0.15, 0.2) is 11.8 Å². The van der Waals surface area contributed by atoms with Crippen molar-refractivity contribution in [2.45, 2.75) is 26.8 Å². The van der Waals surface area contributed by atoms with Crippen molar-refractivity contribution < 1.29 is 9.32 Å². The van der Waals surface area contributed by atoms with Crippen molar-refractivity contribution in [1.82, 2.24) is 25.7 Å². The van der Waals surface area contributed by atoms with Gasteiger partial charge in [-0.15, -0.1) is 0 Å². The third-order valence-electron chi connectivity index (χ3n) is 3.58. The van der Waals surface area contributed by atoms with Crippen molar-refractivity contribution in [3.63, 3.8) is 0 Å². The third-order valence-corrected chi connectivity index (χ3v) is 3.58. The molecule has 1 aromatic heterocycles. The predicted molar refractivity (Wildman–Crippen MR) is 100 cm³/mol. The van der Waals surface area contributed by atoms with E-state index >= 15 is 0 Å². The van der Waals surface area contributed by atoms with Crippen molar-refractivity contribution in [3.05, 3.63) is 47.1 Å². The van der Waals surface area contributed by atoms with Crippen molar-refractivity contribution in [1.29, 1.82) is 0 Å². The molecule has 0 bridgehead atoms. The smallest absolute Gasteiger partial charge is 0.253 e. The van der Waals surface area contributed by atoms with Crippen molar-refractivity contribution >= 4 is 11.9 Å². The van der Waals surface area contributed by atoms with Gasteiger partial charge in [0.25, 0.3) is 5.91 Å². The number of carbonyl (C=O) groups excluding carboxylic acids is 1. The highest BCUT2D eigenvalue weighted by molar-refractivity contribution is 5.94. The fraction of sp³-hybridized carbons (Fsp3) is 0.444. The van der Waals surface area contributed by atoms with E-state index in [4.69, 9.17) is 4.52 Å². The molecule has 2 N–H and O–H groups in total. The molecule has 0 saturated heterocycles. The number of aliphatic imine (C=N–C) groups is 1. The molecule has 26 heavy (non-hydrogen) atoms. The zero-order valence-electron chi connectivity index (χ0n) is 15.7. The number of aryl methyl sites for hydroxylation is 1. The van der Waals surface area contributed by atoms with Crippen LogP contribution in [0.1, 0.15) is 34.6 Å². The van der Waals surface area contributed by atoms with Crippen molar-refractivity contribution in [2.75, 3.05) is 27.2 Å². The molecule has 1 aromatic carbocycles. The number of nitrogens with one attached hydrogen (secondary N) is 2. The summed E-state index contributed by atoms with van der Waals surface area (Å²) in [5, 5.41) is 10.3. The number of amides is 1. The first-order chi connectivity index (χ1) is 12.5. The van der Waals surface area contributed by atoms with E-state index in [1.165, 1.54) is 0 Å². The molecule has 0 unspecified atom stereocenters. The average Bonchev–Trinajstić information content (AvgIpc) is 3.04. The summed E-state index contributed by atoms with van der Waals surface area (Å²) in [6, 6.07) is 7.68. The van der Waals surface area contributed by atoms with Gasteiger partial charge in [-0.25, -0.2) is 4.99 Å². The van der Waals surface area contributed by atoms with E-state index in [1.807, 2.05) is 31.2 Å². The number of hydrogen-bond acceptors (Lipinski definition) is 5. The highest BCUT2D eigenvalue weighted by Gasteiger charge is 2.08. The van der Waals surface area contributed by atoms with Gasteiger partial charge in [-0.1, -0.05) is 17.3 Å². The Balaban J connectivity index is 1.91. The SMILES string of the molecule is CCNC(=NCc1noc(C)n1)NCCc1cccc(C(=O)N(C)C)c1. The first-order valence-corrected chi connectivity index (χ1v) is 8.61. The molecule has 8 heteroatoms. The maximum Gasteiger partial charge on any atom is 0.253 e. The molecule has 0 atom stereocenters. The van der Waals surface area contributed by atoms with E-state index in [9.17, 15) is 4.79 Å². The lowest BCUT2D eigenvalue weighted by Gasteiger charge is -2.13. The molecule has 2 aromatic rings. The minimum Gasteiger partial charge on any atom is -0.357 e. The van der Waals surface area contributed by atoms with Gasteiger partial charge in [0.2, 0.25) is 5.89 Å². The van der Waals surface area contributed by atoms with E-state index in [2.05, 4.69) is 25.8 Å². The Morgan fingerprint density at radius 3 is 2.77 bits per heavy atom. The lowest BCUT2D eigenvalue weighted by molar-refractivity contribution is 0.0827. The summed E-state index contributed by atoms with van der Waals surface area (Å²) in [7, 11) is 3.50. The molecule has 0 radical (unpaired) electrons. The Kier molecular flexibility index (Phi) is 7.13. The van der Waals surface area contributed by atoms with Crippen LogP contribution < -0.4 is 10.6 Å². The number of aromatic nitrogens is 2. The molecule has 0 aliphatic carbocycles. The topological polar surface area (TPSA) is 95.6 Å². The normalized spacial score (nSPS) is 11.3. The predicted octanol–water partition coefficient (Wildman–Crippen LogP) is 1.38. The molecular formula is C18H26N6O2. The first kappa shape index (κ1) is 19.4. The van der Waals surface area contributed by atoms with Gasteiger partial charge in [0, 0.05) is 39.7 Å². The lowest BCUT2D eigenvalue weighted by Crippen LogP contribution is -2.38. The highest BCUT2D eigenvalue weighted by Crippen LogP contribution is 2.07. The average molecular weight is 358 g/mol. The quantitative estimate of drug-likeness (QED) is 0.573. The van der Waals surface area contributed by atoms with Crippen LogP contribution in [0.5, 0.6) is 0 Å². The number of nitrogens with zero attached hydrogens (tertiary/aromatic N) is 4. The second-order valence-electron chi connectivity index (χ2n) is 6.00. The lowest BCUT2D eigenvalue weighted by atomic mass is 10.1. The standard InChI is InChI=1S/C18H26N6O2/c1-5-19-18(21-12-16-22-13(2)26-23-16)20-10-9-14-7-6-8-15(11-14)17(25)24(3)4/h6-8,11H,5,9-10,12H2,1-4H3,(H2,19,20,21). The number of benzene rings is 1. The van der Waals surface area contributed by atoms with Gasteiger partial charge >= 0.3 is 0 Å². The molecule has 0 aliphatic heterocycles. The Morgan fingerprint density at radius 2 is 2.12 bits per heavy atom. The van der Waals surface area contributed by atoms with Crippen LogP contribution >= 0.6 is 0 Å². The van der Waals surface area contributed by atoms with Crippen LogP contribution in [0.15, 0.2) is 33.8 Å². The zero-order valence-corrected chi connectivity index (χ0v) is 15.7. The monoisotopic (exact) mass is 358 g/mol. The summed E-state index contributed by atoms with van der Waals surface area (Å²) in [5.41, 5.74) is 1.79. The molecule has 140 valence electrons. The van der Waals surface area contributed by atoms with Crippen molar-refractivity contribution in [3.8, 4) is 0 Å². The molecule has 1 heterocycles. The van der Waals surface area contributed by atoms with Gasteiger partial charge in [-0.3, -0.25) is 4.79 Å². The van der Waals surface area contributed by atoms with Crippen LogP contribution in [0, 0.1) is 6.92 Å². The van der Waals surface area contributed by atoms with E-state index in [0.29, 0.717) is 36.3 Å². The van der Waals surface area contributed by atoms with Crippen LogP contribution in [0.2, 0.25) is 0 Å². The molecule has 0 spiro atoms. The highest BCUT2D eigenvalue weighted by atomic mass is 16.5. The number of guanidine groups is 1. The summed E-state index contributed by atoms with van der Waals surface area (Å²) in [4.78, 5) is 22.2. The van der Waals surface area contributed by atoms with Crippen LogP contribution in [0.4, 0.5) is 0 Å². The van der Waals surface area contributed by atoms with Crippen LogP contribution in [-0.4, -0.2) is 54.1 Å². The van der Waals surface area contributed by atoms with E-state index in [0.717, 1.165) is 18.5 Å². The van der Waals surface area contributed by atoms with Crippen molar-refractivity contribution in [2.24, 2.45) is 4.99 Å². The molecule has 1 amide bonds. The fourth-order valence-corrected chi connectivity index (χ4v) is 2.34. The number of hydrogen-bond donors (Lipinski definition) is 2. The van der Waals surface area contributed by atoms with Crippen LogP contribution in [-0.2, 0) is 13.0 Å². The molecular weight excluding hydrogens is 332 g/mol. The van der Waals surface area contributed by atoms with Gasteiger partial charge < -0.3 is 20.1 Å². The third kappa shape index (κ3) is 5.87. The Hall–Kier alpha value is -2.90. The summed E-state index contributed by atoms with van der Waals surface area (Å²) in [5.74, 6) is 1.77. The molecule has 0 fully saturated rings. The van der Waals surface area contributed by atoms with E-state index in [1.54, 1.807) is 25.9 Å². The Labute approximate surface area is 153 Å². The van der Waals surface area contributed by atoms with E-state index in [-0.39, 0.29) is 5.91 Å². The second-order valence-corrected chi connectivity index (χ2v) is 6.00.